The van der Waals surface area contributed by atoms with Crippen molar-refractivity contribution in [2.75, 3.05) is 26.2 Å². The number of rotatable bonds is 4. The number of aromatic nitrogens is 1. The highest BCUT2D eigenvalue weighted by Gasteiger charge is 2.49. The number of likely N-dealkylation sites (tertiary alicyclic amines) is 1. The lowest BCUT2D eigenvalue weighted by atomic mass is 9.79. The Morgan fingerprint density at radius 3 is 2.76 bits per heavy atom. The molecule has 2 saturated heterocycles. The smallest absolute Gasteiger partial charge is 0.252 e. The van der Waals surface area contributed by atoms with Gasteiger partial charge in [-0.25, -0.2) is 0 Å². The van der Waals surface area contributed by atoms with E-state index in [1.807, 2.05) is 4.90 Å². The second-order valence-corrected chi connectivity index (χ2v) is 7.67. The van der Waals surface area contributed by atoms with Crippen molar-refractivity contribution in [1.82, 2.24) is 15.2 Å². The van der Waals surface area contributed by atoms with Crippen LogP contribution in [0, 0.1) is 11.8 Å². The molecule has 1 aromatic heterocycles. The van der Waals surface area contributed by atoms with E-state index in [2.05, 4.69) is 10.3 Å². The minimum Gasteiger partial charge on any atom is -0.371 e. The van der Waals surface area contributed by atoms with Crippen LogP contribution in [0.5, 0.6) is 0 Å². The Morgan fingerprint density at radius 2 is 2.16 bits per heavy atom. The molecule has 1 aliphatic carbocycles. The van der Waals surface area contributed by atoms with Crippen LogP contribution in [-0.4, -0.2) is 53.5 Å². The van der Waals surface area contributed by atoms with Gasteiger partial charge < -0.3 is 15.0 Å². The maximum Gasteiger partial charge on any atom is 0.252 e. The quantitative estimate of drug-likeness (QED) is 0.902. The first-order valence-corrected chi connectivity index (χ1v) is 9.26. The van der Waals surface area contributed by atoms with Crippen LogP contribution in [-0.2, 0) is 9.53 Å². The first-order chi connectivity index (χ1) is 12.2. The van der Waals surface area contributed by atoms with Gasteiger partial charge in [0.05, 0.1) is 25.3 Å². The average molecular weight is 343 g/mol. The number of nitrogens with one attached hydrogen (secondary N) is 1. The number of hydrogen-bond acceptors (Lipinski definition) is 4. The number of amides is 2. The Bertz CT molecular complexity index is 629. The van der Waals surface area contributed by atoms with Crippen molar-refractivity contribution in [3.8, 4) is 0 Å². The van der Waals surface area contributed by atoms with Gasteiger partial charge in [0, 0.05) is 24.9 Å². The van der Waals surface area contributed by atoms with Gasteiger partial charge in [-0.05, 0) is 43.7 Å². The number of pyridine rings is 1. The lowest BCUT2D eigenvalue weighted by Crippen LogP contribution is -2.67. The maximum atomic E-state index is 12.2. The fourth-order valence-corrected chi connectivity index (χ4v) is 3.88. The van der Waals surface area contributed by atoms with Crippen LogP contribution in [0.3, 0.4) is 0 Å². The molecule has 134 valence electrons. The van der Waals surface area contributed by atoms with Gasteiger partial charge in [0.25, 0.3) is 5.91 Å². The molecule has 1 saturated carbocycles. The molecular weight excluding hydrogens is 318 g/mol. The lowest BCUT2D eigenvalue weighted by Gasteiger charge is -2.54. The third-order valence-electron chi connectivity index (χ3n) is 5.83. The number of ether oxygens (including phenoxy) is 1. The molecule has 2 amide bonds. The van der Waals surface area contributed by atoms with Gasteiger partial charge >= 0.3 is 0 Å². The fourth-order valence-electron chi connectivity index (χ4n) is 3.88. The van der Waals surface area contributed by atoms with E-state index in [1.54, 1.807) is 24.5 Å². The first-order valence-electron chi connectivity index (χ1n) is 9.26. The molecule has 0 radical (unpaired) electrons. The molecule has 2 aliphatic heterocycles. The van der Waals surface area contributed by atoms with E-state index < -0.39 is 0 Å². The fraction of sp³-hybridized carbons (Fsp3) is 0.632. The van der Waals surface area contributed by atoms with E-state index in [1.165, 1.54) is 6.42 Å². The highest BCUT2D eigenvalue weighted by molar-refractivity contribution is 5.93. The molecule has 1 aromatic rings. The van der Waals surface area contributed by atoms with E-state index in [-0.39, 0.29) is 17.4 Å². The van der Waals surface area contributed by atoms with Crippen LogP contribution >= 0.6 is 0 Å². The normalized spacial score (nSPS) is 25.1. The number of hydrogen-bond donors (Lipinski definition) is 1. The molecule has 1 atom stereocenters. The molecular formula is C19H25N3O3. The van der Waals surface area contributed by atoms with Crippen LogP contribution in [0.15, 0.2) is 24.5 Å². The molecule has 6 nitrogen and oxygen atoms in total. The summed E-state index contributed by atoms with van der Waals surface area (Å²) in [5, 5.41) is 2.97. The zero-order valence-electron chi connectivity index (χ0n) is 14.4. The van der Waals surface area contributed by atoms with Gasteiger partial charge in [0.15, 0.2) is 0 Å². The van der Waals surface area contributed by atoms with Crippen LogP contribution in [0.1, 0.15) is 42.5 Å². The van der Waals surface area contributed by atoms with Crippen molar-refractivity contribution in [2.45, 2.75) is 37.7 Å². The SMILES string of the molecule is O=C(NCC1CCC2(CN(C(=O)C3CCC3)C2)OC1)c1cccnc1. The number of nitrogens with zero attached hydrogens (tertiary/aromatic N) is 2. The van der Waals surface area contributed by atoms with Crippen molar-refractivity contribution < 1.29 is 14.3 Å². The maximum absolute atomic E-state index is 12.2. The number of carbonyl (C=O) groups is 2. The van der Waals surface area contributed by atoms with Crippen molar-refractivity contribution in [2.24, 2.45) is 11.8 Å². The summed E-state index contributed by atoms with van der Waals surface area (Å²) in [6, 6.07) is 3.52. The van der Waals surface area contributed by atoms with E-state index in [4.69, 9.17) is 4.74 Å². The summed E-state index contributed by atoms with van der Waals surface area (Å²) in [7, 11) is 0. The van der Waals surface area contributed by atoms with Crippen LogP contribution in [0.4, 0.5) is 0 Å². The second-order valence-electron chi connectivity index (χ2n) is 7.67. The topological polar surface area (TPSA) is 71.5 Å². The summed E-state index contributed by atoms with van der Waals surface area (Å²) in [5.41, 5.74) is 0.461. The summed E-state index contributed by atoms with van der Waals surface area (Å²) >= 11 is 0. The van der Waals surface area contributed by atoms with E-state index >= 15 is 0 Å². The largest absolute Gasteiger partial charge is 0.371 e. The van der Waals surface area contributed by atoms with Crippen molar-refractivity contribution >= 4 is 11.8 Å². The summed E-state index contributed by atoms with van der Waals surface area (Å²) in [5.74, 6) is 0.847. The molecule has 3 aliphatic rings. The Hall–Kier alpha value is -1.95. The zero-order valence-corrected chi connectivity index (χ0v) is 14.4. The third kappa shape index (κ3) is 3.40. The minimum atomic E-state index is -0.122. The molecule has 6 heteroatoms. The molecule has 4 rings (SSSR count). The second kappa shape index (κ2) is 6.75. The standard InChI is InChI=1S/C19H25N3O3/c23-17(16-5-2-8-20-10-16)21-9-14-6-7-19(25-11-14)12-22(13-19)18(24)15-3-1-4-15/h2,5,8,10,14-15H,1,3-4,6-7,9,11-13H2,(H,21,23). The summed E-state index contributed by atoms with van der Waals surface area (Å²) in [6.07, 6.45) is 8.53. The highest BCUT2D eigenvalue weighted by Crippen LogP contribution is 2.38. The van der Waals surface area contributed by atoms with E-state index in [0.717, 1.165) is 38.8 Å². The van der Waals surface area contributed by atoms with Crippen molar-refractivity contribution in [3.05, 3.63) is 30.1 Å². The molecule has 25 heavy (non-hydrogen) atoms. The first kappa shape index (κ1) is 16.5. The molecule has 3 fully saturated rings. The summed E-state index contributed by atoms with van der Waals surface area (Å²) in [6.45, 7) is 2.77. The molecule has 1 unspecified atom stereocenters. The molecule has 0 bridgehead atoms. The average Bonchev–Trinajstić information content (AvgIpc) is 2.57. The lowest BCUT2D eigenvalue weighted by molar-refractivity contribution is -0.192. The highest BCUT2D eigenvalue weighted by atomic mass is 16.5. The Kier molecular flexibility index (Phi) is 4.46. The molecule has 0 aromatic carbocycles. The van der Waals surface area contributed by atoms with Crippen LogP contribution < -0.4 is 5.32 Å². The molecule has 1 N–H and O–H groups in total. The Labute approximate surface area is 147 Å². The molecule has 3 heterocycles. The predicted octanol–water partition coefficient (Wildman–Crippen LogP) is 1.62. The third-order valence-corrected chi connectivity index (χ3v) is 5.83. The summed E-state index contributed by atoms with van der Waals surface area (Å²) < 4.78 is 6.11. The van der Waals surface area contributed by atoms with Gasteiger partial charge in [-0.1, -0.05) is 6.42 Å². The van der Waals surface area contributed by atoms with Gasteiger partial charge in [-0.3, -0.25) is 14.6 Å². The van der Waals surface area contributed by atoms with Gasteiger partial charge in [0.2, 0.25) is 5.91 Å². The van der Waals surface area contributed by atoms with E-state index in [9.17, 15) is 9.59 Å². The van der Waals surface area contributed by atoms with Crippen LogP contribution in [0.25, 0.3) is 0 Å². The molecule has 1 spiro atoms. The monoisotopic (exact) mass is 343 g/mol. The van der Waals surface area contributed by atoms with Crippen molar-refractivity contribution in [1.29, 1.82) is 0 Å². The Morgan fingerprint density at radius 1 is 1.32 bits per heavy atom. The van der Waals surface area contributed by atoms with E-state index in [0.29, 0.717) is 30.5 Å². The predicted molar refractivity (Wildman–Crippen MR) is 91.9 cm³/mol. The summed E-state index contributed by atoms with van der Waals surface area (Å²) in [4.78, 5) is 30.2. The minimum absolute atomic E-state index is 0.0886. The van der Waals surface area contributed by atoms with Gasteiger partial charge in [0.1, 0.15) is 5.60 Å². The van der Waals surface area contributed by atoms with Gasteiger partial charge in [-0.15, -0.1) is 0 Å². The van der Waals surface area contributed by atoms with Crippen molar-refractivity contribution in [3.63, 3.8) is 0 Å². The number of carbonyl (C=O) groups excluding carboxylic acids is 2. The zero-order chi connectivity index (χ0) is 17.3. The van der Waals surface area contributed by atoms with Crippen LogP contribution in [0.2, 0.25) is 0 Å². The van der Waals surface area contributed by atoms with Gasteiger partial charge in [-0.2, -0.15) is 0 Å². The Balaban J connectivity index is 1.19.